The summed E-state index contributed by atoms with van der Waals surface area (Å²) in [7, 11) is 9.03. The largest absolute Gasteiger partial charge is 0.496 e. The summed E-state index contributed by atoms with van der Waals surface area (Å²) in [5.41, 5.74) is 1.12. The van der Waals surface area contributed by atoms with Crippen LogP contribution >= 0.6 is 0 Å². The fourth-order valence-corrected chi connectivity index (χ4v) is 1.63. The molecule has 0 amide bonds. The van der Waals surface area contributed by atoms with Crippen LogP contribution in [0.2, 0.25) is 0 Å². The molecule has 96 valence electrons. The number of hydrogen-bond acceptors (Lipinski definition) is 4. The van der Waals surface area contributed by atoms with Crippen LogP contribution < -0.4 is 14.2 Å². The van der Waals surface area contributed by atoms with Crippen molar-refractivity contribution in [3.05, 3.63) is 17.7 Å². The van der Waals surface area contributed by atoms with Crippen molar-refractivity contribution in [1.82, 2.24) is 4.90 Å². The van der Waals surface area contributed by atoms with Crippen LogP contribution in [0.1, 0.15) is 5.56 Å². The van der Waals surface area contributed by atoms with Gasteiger partial charge in [-0.25, -0.2) is 0 Å². The van der Waals surface area contributed by atoms with Gasteiger partial charge in [0.15, 0.2) is 11.5 Å². The second kappa shape index (κ2) is 6.35. The molecule has 0 fully saturated rings. The van der Waals surface area contributed by atoms with E-state index < -0.39 is 0 Å². The summed E-state index contributed by atoms with van der Waals surface area (Å²) in [6.07, 6.45) is 0.913. The summed E-state index contributed by atoms with van der Waals surface area (Å²) in [4.78, 5) is 2.14. The number of ether oxygens (including phenoxy) is 3. The maximum atomic E-state index is 5.37. The maximum Gasteiger partial charge on any atom is 0.164 e. The Hall–Kier alpha value is -1.42. The van der Waals surface area contributed by atoms with Gasteiger partial charge in [-0.3, -0.25) is 0 Å². The van der Waals surface area contributed by atoms with Gasteiger partial charge in [0.05, 0.1) is 21.3 Å². The Bertz CT molecular complexity index is 364. The van der Waals surface area contributed by atoms with Gasteiger partial charge in [0.25, 0.3) is 0 Å². The Morgan fingerprint density at radius 2 is 1.41 bits per heavy atom. The zero-order chi connectivity index (χ0) is 12.8. The zero-order valence-electron chi connectivity index (χ0n) is 11.2. The number of hydrogen-bond donors (Lipinski definition) is 0. The molecule has 1 aromatic rings. The third-order valence-corrected chi connectivity index (χ3v) is 2.61. The monoisotopic (exact) mass is 239 g/mol. The fraction of sp³-hybridized carbons (Fsp3) is 0.538. The van der Waals surface area contributed by atoms with E-state index in [2.05, 4.69) is 4.90 Å². The van der Waals surface area contributed by atoms with Gasteiger partial charge in [0, 0.05) is 12.6 Å². The Morgan fingerprint density at radius 3 is 1.88 bits per heavy atom. The molecule has 0 bridgehead atoms. The Morgan fingerprint density at radius 1 is 0.882 bits per heavy atom. The summed E-state index contributed by atoms with van der Waals surface area (Å²) < 4.78 is 15.9. The van der Waals surface area contributed by atoms with Crippen LogP contribution in [-0.2, 0) is 6.42 Å². The third-order valence-electron chi connectivity index (χ3n) is 2.61. The topological polar surface area (TPSA) is 30.9 Å². The molecule has 0 aliphatic heterocycles. The molecule has 0 N–H and O–H groups in total. The fourth-order valence-electron chi connectivity index (χ4n) is 1.63. The van der Waals surface area contributed by atoms with Gasteiger partial charge in [-0.15, -0.1) is 0 Å². The lowest BCUT2D eigenvalue weighted by Crippen LogP contribution is -2.15. The molecule has 0 atom stereocenters. The van der Waals surface area contributed by atoms with Crippen LogP contribution in [0.4, 0.5) is 0 Å². The van der Waals surface area contributed by atoms with E-state index in [0.717, 1.165) is 30.0 Å². The molecule has 0 aliphatic rings. The molecular weight excluding hydrogens is 218 g/mol. The van der Waals surface area contributed by atoms with Crippen molar-refractivity contribution in [2.75, 3.05) is 42.0 Å². The summed E-state index contributed by atoms with van der Waals surface area (Å²) >= 11 is 0. The number of likely N-dealkylation sites (N-methyl/N-ethyl adjacent to an activating group) is 1. The van der Waals surface area contributed by atoms with Gasteiger partial charge in [0.1, 0.15) is 5.75 Å². The average molecular weight is 239 g/mol. The van der Waals surface area contributed by atoms with Gasteiger partial charge >= 0.3 is 0 Å². The zero-order valence-corrected chi connectivity index (χ0v) is 11.2. The van der Waals surface area contributed by atoms with Crippen molar-refractivity contribution in [3.8, 4) is 17.2 Å². The quantitative estimate of drug-likeness (QED) is 0.757. The van der Waals surface area contributed by atoms with E-state index in [0.29, 0.717) is 5.75 Å². The van der Waals surface area contributed by atoms with E-state index in [1.54, 1.807) is 21.3 Å². The van der Waals surface area contributed by atoms with Gasteiger partial charge in [0.2, 0.25) is 0 Å². The highest BCUT2D eigenvalue weighted by Gasteiger charge is 2.11. The first kappa shape index (κ1) is 13.6. The van der Waals surface area contributed by atoms with Crippen molar-refractivity contribution in [1.29, 1.82) is 0 Å². The minimum Gasteiger partial charge on any atom is -0.496 e. The number of methoxy groups -OCH3 is 3. The van der Waals surface area contributed by atoms with Gasteiger partial charge in [-0.2, -0.15) is 0 Å². The standard InChI is InChI=1S/C13H21NO3/c1-14(2)7-6-10-8-12(16-4)13(17-5)9-11(10)15-3/h8-9H,6-7H2,1-5H3. The van der Waals surface area contributed by atoms with E-state index in [1.807, 2.05) is 26.2 Å². The number of benzene rings is 1. The summed E-state index contributed by atoms with van der Waals surface area (Å²) in [5, 5.41) is 0. The Labute approximate surface area is 103 Å². The number of rotatable bonds is 6. The van der Waals surface area contributed by atoms with Gasteiger partial charge in [-0.1, -0.05) is 0 Å². The Balaban J connectivity index is 3.01. The van der Waals surface area contributed by atoms with Crippen LogP contribution in [0.15, 0.2) is 12.1 Å². The van der Waals surface area contributed by atoms with Crippen molar-refractivity contribution in [2.45, 2.75) is 6.42 Å². The van der Waals surface area contributed by atoms with Crippen molar-refractivity contribution >= 4 is 0 Å². The maximum absolute atomic E-state index is 5.37. The smallest absolute Gasteiger partial charge is 0.164 e. The molecule has 4 heteroatoms. The van der Waals surface area contributed by atoms with Crippen LogP contribution in [0.25, 0.3) is 0 Å². The van der Waals surface area contributed by atoms with Crippen molar-refractivity contribution < 1.29 is 14.2 Å². The van der Waals surface area contributed by atoms with Crippen molar-refractivity contribution in [3.63, 3.8) is 0 Å². The first-order valence-corrected chi connectivity index (χ1v) is 5.56. The lowest BCUT2D eigenvalue weighted by Gasteiger charge is -2.15. The van der Waals surface area contributed by atoms with E-state index >= 15 is 0 Å². The predicted octanol–water partition coefficient (Wildman–Crippen LogP) is 1.82. The van der Waals surface area contributed by atoms with Crippen LogP contribution in [0, 0.1) is 0 Å². The van der Waals surface area contributed by atoms with Gasteiger partial charge in [-0.05, 0) is 32.1 Å². The molecule has 0 saturated carbocycles. The van der Waals surface area contributed by atoms with E-state index in [4.69, 9.17) is 14.2 Å². The van der Waals surface area contributed by atoms with Crippen LogP contribution in [0.3, 0.4) is 0 Å². The van der Waals surface area contributed by atoms with Crippen LogP contribution in [0.5, 0.6) is 17.2 Å². The first-order chi connectivity index (χ1) is 8.12. The molecule has 0 heterocycles. The third kappa shape index (κ3) is 3.53. The summed E-state index contributed by atoms with van der Waals surface area (Å²) in [6, 6.07) is 3.84. The molecule has 0 unspecified atom stereocenters. The molecule has 0 spiro atoms. The SMILES string of the molecule is COc1cc(OC)c(OC)cc1CCN(C)C. The number of nitrogens with zero attached hydrogens (tertiary/aromatic N) is 1. The molecule has 0 radical (unpaired) electrons. The molecule has 4 nitrogen and oxygen atoms in total. The molecule has 1 rings (SSSR count). The second-order valence-corrected chi connectivity index (χ2v) is 4.07. The molecular formula is C13H21NO3. The highest BCUT2D eigenvalue weighted by molar-refractivity contribution is 5.50. The second-order valence-electron chi connectivity index (χ2n) is 4.07. The minimum atomic E-state index is 0.693. The normalized spacial score (nSPS) is 10.5. The lowest BCUT2D eigenvalue weighted by atomic mass is 10.1. The van der Waals surface area contributed by atoms with Crippen LogP contribution in [-0.4, -0.2) is 46.9 Å². The highest BCUT2D eigenvalue weighted by Crippen LogP contribution is 2.34. The molecule has 0 aromatic heterocycles. The van der Waals surface area contributed by atoms with E-state index in [1.165, 1.54) is 0 Å². The summed E-state index contributed by atoms with van der Waals surface area (Å²) in [6.45, 7) is 0.964. The minimum absolute atomic E-state index is 0.693. The van der Waals surface area contributed by atoms with E-state index in [9.17, 15) is 0 Å². The Kier molecular flexibility index (Phi) is 5.10. The lowest BCUT2D eigenvalue weighted by molar-refractivity contribution is 0.346. The summed E-state index contributed by atoms with van der Waals surface area (Å²) in [5.74, 6) is 2.27. The molecule has 0 aliphatic carbocycles. The van der Waals surface area contributed by atoms with Crippen molar-refractivity contribution in [2.24, 2.45) is 0 Å². The average Bonchev–Trinajstić information content (AvgIpc) is 2.34. The first-order valence-electron chi connectivity index (χ1n) is 5.56. The molecule has 17 heavy (non-hydrogen) atoms. The molecule has 0 saturated heterocycles. The highest BCUT2D eigenvalue weighted by atomic mass is 16.5. The predicted molar refractivity (Wildman–Crippen MR) is 68.4 cm³/mol. The molecule has 1 aromatic carbocycles. The van der Waals surface area contributed by atoms with E-state index in [-0.39, 0.29) is 0 Å². The van der Waals surface area contributed by atoms with Gasteiger partial charge < -0.3 is 19.1 Å².